The number of aliphatic hydroxyl groups excluding tert-OH is 1. The molecule has 0 aromatic heterocycles. The number of hydrogen-bond acceptors (Lipinski definition) is 5. The van der Waals surface area contributed by atoms with Crippen LogP contribution in [-0.4, -0.2) is 24.1 Å². The van der Waals surface area contributed by atoms with Gasteiger partial charge in [0, 0.05) is 30.6 Å². The maximum atomic E-state index is 9.55. The van der Waals surface area contributed by atoms with Crippen molar-refractivity contribution in [3.05, 3.63) is 65.9 Å². The second-order valence-corrected chi connectivity index (χ2v) is 5.40. The number of anilines is 1. The maximum absolute atomic E-state index is 9.55. The van der Waals surface area contributed by atoms with Gasteiger partial charge in [0.1, 0.15) is 5.75 Å². The van der Waals surface area contributed by atoms with Gasteiger partial charge in [0.2, 0.25) is 6.79 Å². The topological polar surface area (TPSA) is 62.2 Å². The number of aliphatic hydroxyl groups is 1. The molecule has 2 N–H and O–H groups in total. The van der Waals surface area contributed by atoms with E-state index in [1.54, 1.807) is 18.2 Å². The number of rotatable bonds is 5. The van der Waals surface area contributed by atoms with Gasteiger partial charge in [-0.2, -0.15) is 0 Å². The summed E-state index contributed by atoms with van der Waals surface area (Å²) >= 11 is 0. The number of fused-ring (bicyclic) bond motifs is 1. The van der Waals surface area contributed by atoms with E-state index in [0.717, 1.165) is 22.7 Å². The molecule has 2 aromatic carbocycles. The molecule has 24 heavy (non-hydrogen) atoms. The van der Waals surface area contributed by atoms with E-state index in [4.69, 9.17) is 14.6 Å². The predicted octanol–water partition coefficient (Wildman–Crippen LogP) is 3.28. The van der Waals surface area contributed by atoms with Crippen molar-refractivity contribution in [3.63, 3.8) is 0 Å². The SMILES string of the molecule is CN(/C=C/C=C/c1ccc(O)c(CO)c1)c1ccc2c(c1)OCO2. The molecule has 0 amide bonds. The molecule has 0 saturated heterocycles. The molecule has 3 rings (SSSR count). The molecule has 5 heteroatoms. The van der Waals surface area contributed by atoms with Crippen molar-refractivity contribution in [3.8, 4) is 17.2 Å². The Hall–Kier alpha value is -2.92. The van der Waals surface area contributed by atoms with E-state index in [-0.39, 0.29) is 19.1 Å². The third kappa shape index (κ3) is 3.52. The second kappa shape index (κ2) is 7.10. The van der Waals surface area contributed by atoms with Crippen LogP contribution in [0.25, 0.3) is 6.08 Å². The summed E-state index contributed by atoms with van der Waals surface area (Å²) in [6.07, 6.45) is 7.65. The summed E-state index contributed by atoms with van der Waals surface area (Å²) in [5.41, 5.74) is 2.42. The minimum Gasteiger partial charge on any atom is -0.508 e. The van der Waals surface area contributed by atoms with Crippen LogP contribution in [-0.2, 0) is 6.61 Å². The lowest BCUT2D eigenvalue weighted by molar-refractivity contribution is 0.174. The molecule has 0 aliphatic carbocycles. The van der Waals surface area contributed by atoms with Gasteiger partial charge in [-0.1, -0.05) is 18.2 Å². The highest BCUT2D eigenvalue weighted by Crippen LogP contribution is 2.35. The average molecular weight is 325 g/mol. The summed E-state index contributed by atoms with van der Waals surface area (Å²) in [6, 6.07) is 10.9. The summed E-state index contributed by atoms with van der Waals surface area (Å²) < 4.78 is 10.7. The number of allylic oxidation sites excluding steroid dienone is 2. The molecular weight excluding hydrogens is 306 g/mol. The Morgan fingerprint density at radius 3 is 2.75 bits per heavy atom. The molecule has 0 fully saturated rings. The fourth-order valence-electron chi connectivity index (χ4n) is 2.37. The van der Waals surface area contributed by atoms with Crippen LogP contribution in [0.4, 0.5) is 5.69 Å². The lowest BCUT2D eigenvalue weighted by Gasteiger charge is -2.14. The molecule has 2 aromatic rings. The Bertz CT molecular complexity index is 783. The fourth-order valence-corrected chi connectivity index (χ4v) is 2.37. The van der Waals surface area contributed by atoms with Gasteiger partial charge in [0.05, 0.1) is 6.61 Å². The van der Waals surface area contributed by atoms with Gasteiger partial charge in [-0.05, 0) is 35.9 Å². The van der Waals surface area contributed by atoms with E-state index in [0.29, 0.717) is 5.56 Å². The van der Waals surface area contributed by atoms with Gasteiger partial charge in [-0.3, -0.25) is 0 Å². The fraction of sp³-hybridized carbons (Fsp3) is 0.158. The molecule has 0 spiro atoms. The summed E-state index contributed by atoms with van der Waals surface area (Å²) in [5.74, 6) is 1.62. The van der Waals surface area contributed by atoms with Crippen molar-refractivity contribution >= 4 is 11.8 Å². The van der Waals surface area contributed by atoms with E-state index in [1.807, 2.05) is 54.6 Å². The first-order chi connectivity index (χ1) is 11.7. The Labute approximate surface area is 140 Å². The molecule has 0 saturated carbocycles. The maximum Gasteiger partial charge on any atom is 0.231 e. The van der Waals surface area contributed by atoms with Crippen LogP contribution in [0.15, 0.2) is 54.8 Å². The molecule has 0 bridgehead atoms. The number of ether oxygens (including phenoxy) is 2. The van der Waals surface area contributed by atoms with Crippen molar-refractivity contribution in [2.75, 3.05) is 18.7 Å². The largest absolute Gasteiger partial charge is 0.508 e. The molecule has 124 valence electrons. The number of hydrogen-bond donors (Lipinski definition) is 2. The molecule has 0 atom stereocenters. The normalized spacial score (nSPS) is 13.1. The third-order valence-electron chi connectivity index (χ3n) is 3.75. The highest BCUT2D eigenvalue weighted by Gasteiger charge is 2.13. The van der Waals surface area contributed by atoms with Crippen LogP contribution in [0.5, 0.6) is 17.2 Å². The molecule has 5 nitrogen and oxygen atoms in total. The molecule has 1 aliphatic rings. The van der Waals surface area contributed by atoms with Gasteiger partial charge in [0.15, 0.2) is 11.5 Å². The van der Waals surface area contributed by atoms with Crippen molar-refractivity contribution in [1.82, 2.24) is 0 Å². The van der Waals surface area contributed by atoms with Gasteiger partial charge < -0.3 is 24.6 Å². The number of aromatic hydroxyl groups is 1. The minimum atomic E-state index is -0.184. The van der Waals surface area contributed by atoms with E-state index >= 15 is 0 Å². The first-order valence-corrected chi connectivity index (χ1v) is 7.57. The number of benzene rings is 2. The number of nitrogens with zero attached hydrogens (tertiary/aromatic N) is 1. The average Bonchev–Trinajstić information content (AvgIpc) is 3.07. The summed E-state index contributed by atoms with van der Waals surface area (Å²) in [7, 11) is 1.95. The van der Waals surface area contributed by atoms with Crippen LogP contribution in [0.1, 0.15) is 11.1 Å². The molecule has 1 heterocycles. The zero-order valence-corrected chi connectivity index (χ0v) is 13.3. The van der Waals surface area contributed by atoms with Crippen molar-refractivity contribution < 1.29 is 19.7 Å². The van der Waals surface area contributed by atoms with Crippen LogP contribution < -0.4 is 14.4 Å². The standard InChI is InChI=1S/C19H19NO4/c1-20(16-6-8-18-19(11-16)24-13-23-18)9-3-2-4-14-5-7-17(22)15(10-14)12-21/h2-11,21-22H,12-13H2,1H3/b4-2+,9-3+. The first-order valence-electron chi connectivity index (χ1n) is 7.57. The second-order valence-electron chi connectivity index (χ2n) is 5.40. The van der Waals surface area contributed by atoms with Gasteiger partial charge in [-0.25, -0.2) is 0 Å². The molecule has 1 aliphatic heterocycles. The minimum absolute atomic E-state index is 0.104. The molecule has 0 radical (unpaired) electrons. The predicted molar refractivity (Wildman–Crippen MR) is 93.2 cm³/mol. The van der Waals surface area contributed by atoms with Crippen LogP contribution >= 0.6 is 0 Å². The van der Waals surface area contributed by atoms with E-state index < -0.39 is 0 Å². The van der Waals surface area contributed by atoms with Crippen LogP contribution in [0.3, 0.4) is 0 Å². The summed E-state index contributed by atoms with van der Waals surface area (Å²) in [4.78, 5) is 1.97. The van der Waals surface area contributed by atoms with Crippen molar-refractivity contribution in [2.24, 2.45) is 0 Å². The Kier molecular flexibility index (Phi) is 4.72. The van der Waals surface area contributed by atoms with Gasteiger partial charge in [0.25, 0.3) is 0 Å². The zero-order chi connectivity index (χ0) is 16.9. The smallest absolute Gasteiger partial charge is 0.231 e. The lowest BCUT2D eigenvalue weighted by atomic mass is 10.1. The van der Waals surface area contributed by atoms with Crippen LogP contribution in [0.2, 0.25) is 0 Å². The van der Waals surface area contributed by atoms with Crippen molar-refractivity contribution in [1.29, 1.82) is 0 Å². The van der Waals surface area contributed by atoms with E-state index in [2.05, 4.69) is 0 Å². The lowest BCUT2D eigenvalue weighted by Crippen LogP contribution is -2.07. The van der Waals surface area contributed by atoms with Crippen molar-refractivity contribution in [2.45, 2.75) is 6.61 Å². The highest BCUT2D eigenvalue weighted by atomic mass is 16.7. The monoisotopic (exact) mass is 325 g/mol. The van der Waals surface area contributed by atoms with E-state index in [1.165, 1.54) is 0 Å². The molecular formula is C19H19NO4. The van der Waals surface area contributed by atoms with Gasteiger partial charge >= 0.3 is 0 Å². The third-order valence-corrected chi connectivity index (χ3v) is 3.75. The Morgan fingerprint density at radius 1 is 1.08 bits per heavy atom. The first kappa shape index (κ1) is 16.0. The summed E-state index contributed by atoms with van der Waals surface area (Å²) in [5, 5.41) is 18.7. The number of phenols is 1. The van der Waals surface area contributed by atoms with E-state index in [9.17, 15) is 5.11 Å². The van der Waals surface area contributed by atoms with Crippen LogP contribution in [0, 0.1) is 0 Å². The van der Waals surface area contributed by atoms with Gasteiger partial charge in [-0.15, -0.1) is 0 Å². The Morgan fingerprint density at radius 2 is 1.92 bits per heavy atom. The molecule has 0 unspecified atom stereocenters. The Balaban J connectivity index is 1.65. The summed E-state index contributed by atoms with van der Waals surface area (Å²) in [6.45, 7) is 0.0831. The highest BCUT2D eigenvalue weighted by molar-refractivity contribution is 5.59. The zero-order valence-electron chi connectivity index (χ0n) is 13.3. The quantitative estimate of drug-likeness (QED) is 0.826.